The Balaban J connectivity index is 1.61. The minimum Gasteiger partial charge on any atom is -0.325 e. The Morgan fingerprint density at radius 1 is 1.06 bits per heavy atom. The lowest BCUT2D eigenvalue weighted by molar-refractivity contribution is -0.137. The summed E-state index contributed by atoms with van der Waals surface area (Å²) in [5.41, 5.74) is 0.148. The maximum absolute atomic E-state index is 13.4. The third kappa shape index (κ3) is 4.96. The standard InChI is InChI=1S/C24H20F3N3O3S2/c1-13(2)11-30-22(33)20(35-23(30)34)19-16-8-3-4-9-17(16)29(21(19)32)12-18(31)28-15-7-5-6-14(10-15)24(25,26)27/h3-10,13H,11-12H2,1-2H3,(H,28,31). The highest BCUT2D eigenvalue weighted by atomic mass is 32.2. The van der Waals surface area contributed by atoms with E-state index in [4.69, 9.17) is 12.2 Å². The number of para-hydroxylation sites is 1. The van der Waals surface area contributed by atoms with Gasteiger partial charge in [-0.25, -0.2) is 0 Å². The summed E-state index contributed by atoms with van der Waals surface area (Å²) in [5, 5.41) is 2.41. The molecule has 0 atom stereocenters. The van der Waals surface area contributed by atoms with Crippen LogP contribution < -0.4 is 10.2 Å². The van der Waals surface area contributed by atoms with Gasteiger partial charge in [0.1, 0.15) is 10.9 Å². The number of nitrogens with zero attached hydrogens (tertiary/aromatic N) is 2. The molecule has 35 heavy (non-hydrogen) atoms. The van der Waals surface area contributed by atoms with Gasteiger partial charge in [0, 0.05) is 17.8 Å². The number of carbonyl (C=O) groups is 3. The van der Waals surface area contributed by atoms with E-state index in [2.05, 4.69) is 5.32 Å². The third-order valence-electron chi connectivity index (χ3n) is 5.32. The number of rotatable bonds is 5. The van der Waals surface area contributed by atoms with Crippen molar-refractivity contribution in [1.82, 2.24) is 4.90 Å². The molecule has 3 amide bonds. The molecule has 2 aliphatic rings. The number of benzene rings is 2. The molecule has 2 aromatic carbocycles. The summed E-state index contributed by atoms with van der Waals surface area (Å²) < 4.78 is 39.3. The fraction of sp³-hybridized carbons (Fsp3) is 0.250. The minimum atomic E-state index is -4.55. The van der Waals surface area contributed by atoms with Crippen molar-refractivity contribution >= 4 is 63.0 Å². The Bertz CT molecular complexity index is 1270. The highest BCUT2D eigenvalue weighted by molar-refractivity contribution is 8.26. The van der Waals surface area contributed by atoms with Gasteiger partial charge in [-0.3, -0.25) is 24.2 Å². The van der Waals surface area contributed by atoms with Gasteiger partial charge in [-0.15, -0.1) is 0 Å². The summed E-state index contributed by atoms with van der Waals surface area (Å²) >= 11 is 6.41. The number of nitrogens with one attached hydrogen (secondary N) is 1. The van der Waals surface area contributed by atoms with Crippen molar-refractivity contribution < 1.29 is 27.6 Å². The Labute approximate surface area is 209 Å². The van der Waals surface area contributed by atoms with Crippen LogP contribution in [0.4, 0.5) is 24.5 Å². The van der Waals surface area contributed by atoms with Crippen molar-refractivity contribution in [1.29, 1.82) is 0 Å². The zero-order valence-corrected chi connectivity index (χ0v) is 20.3. The first-order valence-electron chi connectivity index (χ1n) is 10.6. The van der Waals surface area contributed by atoms with Gasteiger partial charge in [-0.2, -0.15) is 13.2 Å². The quantitative estimate of drug-likeness (QED) is 0.449. The lowest BCUT2D eigenvalue weighted by atomic mass is 10.1. The number of thioether (sulfide) groups is 1. The van der Waals surface area contributed by atoms with E-state index in [0.29, 0.717) is 22.1 Å². The van der Waals surface area contributed by atoms with Gasteiger partial charge in [0.05, 0.1) is 21.7 Å². The van der Waals surface area contributed by atoms with E-state index in [9.17, 15) is 27.6 Å². The molecule has 2 heterocycles. The van der Waals surface area contributed by atoms with Gasteiger partial charge >= 0.3 is 6.18 Å². The highest BCUT2D eigenvalue weighted by Gasteiger charge is 2.42. The number of halogens is 3. The summed E-state index contributed by atoms with van der Waals surface area (Å²) in [6.07, 6.45) is -4.55. The van der Waals surface area contributed by atoms with E-state index < -0.39 is 30.1 Å². The van der Waals surface area contributed by atoms with Crippen LogP contribution in [0.25, 0.3) is 5.57 Å². The van der Waals surface area contributed by atoms with Crippen LogP contribution >= 0.6 is 24.0 Å². The van der Waals surface area contributed by atoms with Crippen LogP contribution in [-0.2, 0) is 20.6 Å². The molecule has 4 rings (SSSR count). The van der Waals surface area contributed by atoms with Gasteiger partial charge in [-0.05, 0) is 30.2 Å². The van der Waals surface area contributed by atoms with Crippen LogP contribution in [0.3, 0.4) is 0 Å². The molecule has 0 saturated carbocycles. The van der Waals surface area contributed by atoms with E-state index >= 15 is 0 Å². The summed E-state index contributed by atoms with van der Waals surface area (Å²) in [4.78, 5) is 42.1. The van der Waals surface area contributed by atoms with Gasteiger partial charge in [0.25, 0.3) is 11.8 Å². The van der Waals surface area contributed by atoms with Crippen molar-refractivity contribution in [2.24, 2.45) is 5.92 Å². The average Bonchev–Trinajstić information content (AvgIpc) is 3.20. The molecule has 1 saturated heterocycles. The van der Waals surface area contributed by atoms with Crippen LogP contribution in [0.5, 0.6) is 0 Å². The van der Waals surface area contributed by atoms with Crippen LogP contribution in [0.1, 0.15) is 25.0 Å². The Morgan fingerprint density at radius 2 is 1.77 bits per heavy atom. The minimum absolute atomic E-state index is 0.0421. The maximum atomic E-state index is 13.4. The normalized spacial score (nSPS) is 18.1. The van der Waals surface area contributed by atoms with E-state index in [1.807, 2.05) is 13.8 Å². The van der Waals surface area contributed by atoms with Gasteiger partial charge < -0.3 is 5.32 Å². The topological polar surface area (TPSA) is 69.7 Å². The van der Waals surface area contributed by atoms with Crippen LogP contribution in [-0.4, -0.2) is 40.0 Å². The van der Waals surface area contributed by atoms with Crippen molar-refractivity contribution in [2.45, 2.75) is 20.0 Å². The predicted octanol–water partition coefficient (Wildman–Crippen LogP) is 4.92. The lowest BCUT2D eigenvalue weighted by Gasteiger charge is -2.17. The zero-order chi connectivity index (χ0) is 25.5. The predicted molar refractivity (Wildman–Crippen MR) is 133 cm³/mol. The molecule has 182 valence electrons. The van der Waals surface area contributed by atoms with Gasteiger partial charge in [-0.1, -0.05) is 62.1 Å². The molecule has 0 radical (unpaired) electrons. The first-order chi connectivity index (χ1) is 16.5. The molecule has 6 nitrogen and oxygen atoms in total. The van der Waals surface area contributed by atoms with Gasteiger partial charge in [0.15, 0.2) is 0 Å². The number of fused-ring (bicyclic) bond motifs is 1. The number of alkyl halides is 3. The summed E-state index contributed by atoms with van der Waals surface area (Å²) in [5.74, 6) is -1.41. The smallest absolute Gasteiger partial charge is 0.325 e. The summed E-state index contributed by atoms with van der Waals surface area (Å²) in [7, 11) is 0. The first-order valence-corrected chi connectivity index (χ1v) is 11.9. The third-order valence-corrected chi connectivity index (χ3v) is 6.77. The number of hydrogen-bond acceptors (Lipinski definition) is 5. The van der Waals surface area contributed by atoms with Gasteiger partial charge in [0.2, 0.25) is 5.91 Å². The fourth-order valence-corrected chi connectivity index (χ4v) is 5.19. The number of carbonyl (C=O) groups excluding carboxylic acids is 3. The van der Waals surface area contributed by atoms with E-state index in [-0.39, 0.29) is 28.0 Å². The first kappa shape index (κ1) is 24.9. The van der Waals surface area contributed by atoms with Crippen LogP contribution in [0.15, 0.2) is 53.4 Å². The second-order valence-corrected chi connectivity index (χ2v) is 10.1. The molecule has 0 aliphatic carbocycles. The second-order valence-electron chi connectivity index (χ2n) is 8.42. The number of hydrogen-bond donors (Lipinski definition) is 1. The lowest BCUT2D eigenvalue weighted by Crippen LogP contribution is -2.36. The molecule has 0 bridgehead atoms. The highest BCUT2D eigenvalue weighted by Crippen LogP contribution is 2.44. The molecule has 1 fully saturated rings. The Morgan fingerprint density at radius 3 is 2.46 bits per heavy atom. The SMILES string of the molecule is CC(C)CN1C(=O)C(=C2C(=O)N(CC(=O)Nc3cccc(C(F)(F)F)c3)c3ccccc32)SC1=S. The maximum Gasteiger partial charge on any atom is 0.416 e. The van der Waals surface area contributed by atoms with Crippen molar-refractivity contribution in [2.75, 3.05) is 23.3 Å². The van der Waals surface area contributed by atoms with E-state index in [1.54, 1.807) is 24.3 Å². The van der Waals surface area contributed by atoms with Crippen molar-refractivity contribution in [3.63, 3.8) is 0 Å². The molecule has 0 spiro atoms. The number of anilines is 2. The fourth-order valence-electron chi connectivity index (χ4n) is 3.85. The zero-order valence-electron chi connectivity index (χ0n) is 18.7. The Hall–Kier alpha value is -3.18. The van der Waals surface area contributed by atoms with Crippen LogP contribution in [0, 0.1) is 5.92 Å². The molecule has 2 aromatic rings. The molecule has 2 aliphatic heterocycles. The summed E-state index contributed by atoms with van der Waals surface area (Å²) in [6, 6.07) is 11.0. The molecular weight excluding hydrogens is 499 g/mol. The molecule has 11 heteroatoms. The average molecular weight is 520 g/mol. The molecule has 1 N–H and O–H groups in total. The van der Waals surface area contributed by atoms with E-state index in [0.717, 1.165) is 23.9 Å². The van der Waals surface area contributed by atoms with Crippen molar-refractivity contribution in [3.8, 4) is 0 Å². The largest absolute Gasteiger partial charge is 0.416 e. The van der Waals surface area contributed by atoms with Crippen molar-refractivity contribution in [3.05, 3.63) is 64.6 Å². The van der Waals surface area contributed by atoms with Crippen LogP contribution in [0.2, 0.25) is 0 Å². The molecular formula is C24H20F3N3O3S2. The number of amides is 3. The summed E-state index contributed by atoms with van der Waals surface area (Å²) in [6.45, 7) is 3.88. The molecule has 0 unspecified atom stereocenters. The van der Waals surface area contributed by atoms with E-state index in [1.165, 1.54) is 21.9 Å². The number of thiocarbonyl (C=S) groups is 1. The molecule has 0 aromatic heterocycles. The Kier molecular flexibility index (Phi) is 6.74. The monoisotopic (exact) mass is 519 g/mol. The second kappa shape index (κ2) is 9.46.